The van der Waals surface area contributed by atoms with Crippen LogP contribution in [0.15, 0.2) is 35.6 Å². The zero-order valence-electron chi connectivity index (χ0n) is 8.04. The van der Waals surface area contributed by atoms with Gasteiger partial charge in [0.05, 0.1) is 12.2 Å². The maximum Gasteiger partial charge on any atom is 0.169 e. The maximum atomic E-state index is 11.4. The number of hydrogen-bond acceptors (Lipinski definition) is 2. The van der Waals surface area contributed by atoms with Crippen molar-refractivity contribution in [1.29, 1.82) is 0 Å². The third-order valence-electron chi connectivity index (χ3n) is 1.87. The SMILES string of the molecule is C\C=C/C=C1/C(=O)CCO/C1=C/C. The number of carbonyl (C=O) groups is 1. The predicted octanol–water partition coefficient (Wildman–Crippen LogP) is 2.38. The van der Waals surface area contributed by atoms with Crippen LogP contribution in [0.2, 0.25) is 0 Å². The first-order valence-electron chi connectivity index (χ1n) is 4.45. The van der Waals surface area contributed by atoms with Gasteiger partial charge in [-0.25, -0.2) is 0 Å². The van der Waals surface area contributed by atoms with Crippen LogP contribution in [0.3, 0.4) is 0 Å². The summed E-state index contributed by atoms with van der Waals surface area (Å²) < 4.78 is 5.35. The molecule has 0 amide bonds. The highest BCUT2D eigenvalue weighted by atomic mass is 16.5. The van der Waals surface area contributed by atoms with E-state index in [9.17, 15) is 4.79 Å². The van der Waals surface area contributed by atoms with Gasteiger partial charge in [0.1, 0.15) is 5.76 Å². The number of hydrogen-bond donors (Lipinski definition) is 0. The van der Waals surface area contributed by atoms with Crippen molar-refractivity contribution in [2.24, 2.45) is 0 Å². The molecule has 2 nitrogen and oxygen atoms in total. The maximum absolute atomic E-state index is 11.4. The molecule has 0 aromatic carbocycles. The Hall–Kier alpha value is -1.31. The Morgan fingerprint density at radius 3 is 2.77 bits per heavy atom. The zero-order valence-corrected chi connectivity index (χ0v) is 8.04. The van der Waals surface area contributed by atoms with Gasteiger partial charge >= 0.3 is 0 Å². The van der Waals surface area contributed by atoms with E-state index in [2.05, 4.69) is 0 Å². The second kappa shape index (κ2) is 4.65. The first-order valence-corrected chi connectivity index (χ1v) is 4.45. The van der Waals surface area contributed by atoms with Crippen LogP contribution in [0.4, 0.5) is 0 Å². The van der Waals surface area contributed by atoms with Crippen LogP contribution >= 0.6 is 0 Å². The second-order valence-electron chi connectivity index (χ2n) is 2.78. The molecule has 1 fully saturated rings. The summed E-state index contributed by atoms with van der Waals surface area (Å²) in [6.45, 7) is 4.30. The summed E-state index contributed by atoms with van der Waals surface area (Å²) in [7, 11) is 0. The number of ketones is 1. The van der Waals surface area contributed by atoms with Crippen LogP contribution < -0.4 is 0 Å². The lowest BCUT2D eigenvalue weighted by Gasteiger charge is -2.17. The van der Waals surface area contributed by atoms with Gasteiger partial charge in [-0.15, -0.1) is 0 Å². The molecule has 2 heteroatoms. The topological polar surface area (TPSA) is 26.3 Å². The van der Waals surface area contributed by atoms with Gasteiger partial charge in [-0.3, -0.25) is 4.79 Å². The summed E-state index contributed by atoms with van der Waals surface area (Å²) in [6.07, 6.45) is 7.86. The highest BCUT2D eigenvalue weighted by molar-refractivity contribution is 6.00. The van der Waals surface area contributed by atoms with Gasteiger partial charge in [0.25, 0.3) is 0 Å². The molecule has 13 heavy (non-hydrogen) atoms. The van der Waals surface area contributed by atoms with E-state index >= 15 is 0 Å². The number of carbonyl (C=O) groups excluding carboxylic acids is 1. The lowest BCUT2D eigenvalue weighted by atomic mass is 10.0. The molecule has 0 radical (unpaired) electrons. The van der Waals surface area contributed by atoms with Gasteiger partial charge < -0.3 is 4.74 Å². The molecule has 1 aliphatic rings. The fraction of sp³-hybridized carbons (Fsp3) is 0.364. The van der Waals surface area contributed by atoms with E-state index in [0.29, 0.717) is 24.4 Å². The molecule has 0 unspecified atom stereocenters. The molecule has 0 saturated carbocycles. The Kier molecular flexibility index (Phi) is 3.50. The van der Waals surface area contributed by atoms with E-state index in [1.807, 2.05) is 32.1 Å². The molecule has 0 aliphatic carbocycles. The van der Waals surface area contributed by atoms with Gasteiger partial charge in [0, 0.05) is 6.42 Å². The van der Waals surface area contributed by atoms with Crippen molar-refractivity contribution in [2.45, 2.75) is 20.3 Å². The molecule has 0 aromatic rings. The molecule has 1 heterocycles. The minimum absolute atomic E-state index is 0.164. The van der Waals surface area contributed by atoms with Gasteiger partial charge in [0.15, 0.2) is 5.78 Å². The van der Waals surface area contributed by atoms with Crippen LogP contribution in [-0.2, 0) is 9.53 Å². The summed E-state index contributed by atoms with van der Waals surface area (Å²) >= 11 is 0. The molecule has 0 N–H and O–H groups in total. The van der Waals surface area contributed by atoms with Crippen molar-refractivity contribution >= 4 is 5.78 Å². The standard InChI is InChI=1S/C11H14O2/c1-3-5-6-9-10(12)7-8-13-11(9)4-2/h3-6H,7-8H2,1-2H3/b5-3-,9-6-,11-4+. The molecular formula is C11H14O2. The van der Waals surface area contributed by atoms with Crippen LogP contribution in [0.5, 0.6) is 0 Å². The quantitative estimate of drug-likeness (QED) is 0.576. The number of Topliss-reactive ketones (excluding diaryl/α,β-unsaturated/α-hetero) is 1. The Balaban J connectivity index is 2.92. The molecule has 1 rings (SSSR count). The van der Waals surface area contributed by atoms with E-state index < -0.39 is 0 Å². The van der Waals surface area contributed by atoms with Crippen molar-refractivity contribution in [2.75, 3.05) is 6.61 Å². The van der Waals surface area contributed by atoms with E-state index in [0.717, 1.165) is 0 Å². The summed E-state index contributed by atoms with van der Waals surface area (Å²) in [5, 5.41) is 0. The summed E-state index contributed by atoms with van der Waals surface area (Å²) in [5.41, 5.74) is 0.687. The second-order valence-corrected chi connectivity index (χ2v) is 2.78. The highest BCUT2D eigenvalue weighted by Gasteiger charge is 2.19. The molecular weight excluding hydrogens is 164 g/mol. The van der Waals surface area contributed by atoms with Crippen LogP contribution in [0.25, 0.3) is 0 Å². The fourth-order valence-electron chi connectivity index (χ4n) is 1.21. The summed E-state index contributed by atoms with van der Waals surface area (Å²) in [5.74, 6) is 0.867. The molecule has 0 atom stereocenters. The summed E-state index contributed by atoms with van der Waals surface area (Å²) in [6, 6.07) is 0. The molecule has 0 aromatic heterocycles. The van der Waals surface area contributed by atoms with Crippen molar-refractivity contribution < 1.29 is 9.53 Å². The average Bonchev–Trinajstić information content (AvgIpc) is 2.15. The third kappa shape index (κ3) is 2.31. The Labute approximate surface area is 78.6 Å². The van der Waals surface area contributed by atoms with Crippen molar-refractivity contribution in [1.82, 2.24) is 0 Å². The molecule has 1 saturated heterocycles. The smallest absolute Gasteiger partial charge is 0.169 e. The van der Waals surface area contributed by atoms with Crippen molar-refractivity contribution in [3.8, 4) is 0 Å². The van der Waals surface area contributed by atoms with Crippen LogP contribution in [0, 0.1) is 0 Å². The van der Waals surface area contributed by atoms with Crippen molar-refractivity contribution in [3.63, 3.8) is 0 Å². The van der Waals surface area contributed by atoms with Gasteiger partial charge in [-0.05, 0) is 26.0 Å². The van der Waals surface area contributed by atoms with Gasteiger partial charge in [0.2, 0.25) is 0 Å². The largest absolute Gasteiger partial charge is 0.493 e. The molecule has 1 aliphatic heterocycles. The van der Waals surface area contributed by atoms with E-state index in [-0.39, 0.29) is 5.78 Å². The average molecular weight is 178 g/mol. The van der Waals surface area contributed by atoms with E-state index in [1.165, 1.54) is 0 Å². The van der Waals surface area contributed by atoms with Crippen LogP contribution in [-0.4, -0.2) is 12.4 Å². The molecule has 0 bridgehead atoms. The molecule has 70 valence electrons. The lowest BCUT2D eigenvalue weighted by molar-refractivity contribution is -0.117. The monoisotopic (exact) mass is 178 g/mol. The van der Waals surface area contributed by atoms with Crippen molar-refractivity contribution in [3.05, 3.63) is 35.6 Å². The lowest BCUT2D eigenvalue weighted by Crippen LogP contribution is -2.16. The van der Waals surface area contributed by atoms with Crippen LogP contribution in [0.1, 0.15) is 20.3 Å². The zero-order chi connectivity index (χ0) is 9.68. The summed E-state index contributed by atoms with van der Waals surface area (Å²) in [4.78, 5) is 11.4. The van der Waals surface area contributed by atoms with E-state index in [1.54, 1.807) is 6.08 Å². The number of allylic oxidation sites excluding steroid dienone is 5. The number of ether oxygens (including phenoxy) is 1. The molecule has 0 spiro atoms. The normalized spacial score (nSPS) is 24.3. The minimum Gasteiger partial charge on any atom is -0.493 e. The number of rotatable bonds is 1. The fourth-order valence-corrected chi connectivity index (χ4v) is 1.21. The van der Waals surface area contributed by atoms with E-state index in [4.69, 9.17) is 4.74 Å². The Morgan fingerprint density at radius 1 is 1.38 bits per heavy atom. The first kappa shape index (κ1) is 9.78. The van der Waals surface area contributed by atoms with Gasteiger partial charge in [-0.1, -0.05) is 12.2 Å². The predicted molar refractivity (Wildman–Crippen MR) is 52.2 cm³/mol. The minimum atomic E-state index is 0.164. The third-order valence-corrected chi connectivity index (χ3v) is 1.87. The first-order chi connectivity index (χ1) is 6.29. The Morgan fingerprint density at radius 2 is 2.15 bits per heavy atom. The highest BCUT2D eigenvalue weighted by Crippen LogP contribution is 2.20. The Bertz CT molecular complexity index is 282. The van der Waals surface area contributed by atoms with Gasteiger partial charge in [-0.2, -0.15) is 0 Å².